The molecule has 2 aliphatic heterocycles. The van der Waals surface area contributed by atoms with E-state index in [0.29, 0.717) is 18.7 Å². The molecule has 2 aromatic carbocycles. The molecule has 2 aromatic rings. The Balaban J connectivity index is 1.75. The monoisotopic (exact) mass is 451 g/mol. The molecule has 0 bridgehead atoms. The van der Waals surface area contributed by atoms with E-state index in [1.807, 2.05) is 79.4 Å². The van der Waals surface area contributed by atoms with Crippen LogP contribution < -0.4 is 0 Å². The Morgan fingerprint density at radius 3 is 2.38 bits per heavy atom. The number of rotatable bonds is 4. The van der Waals surface area contributed by atoms with Crippen molar-refractivity contribution in [2.75, 3.05) is 6.61 Å². The molecular formula is C24H22BrNO3. The van der Waals surface area contributed by atoms with E-state index in [1.54, 1.807) is 0 Å². The number of benzene rings is 2. The van der Waals surface area contributed by atoms with Crippen LogP contribution in [0.4, 0.5) is 0 Å². The summed E-state index contributed by atoms with van der Waals surface area (Å²) in [5, 5.41) is 0. The summed E-state index contributed by atoms with van der Waals surface area (Å²) in [6.07, 6.45) is -0.239. The van der Waals surface area contributed by atoms with Gasteiger partial charge in [0.1, 0.15) is 6.10 Å². The van der Waals surface area contributed by atoms with E-state index in [1.165, 1.54) is 0 Å². The highest BCUT2D eigenvalue weighted by atomic mass is 79.9. The molecule has 2 atom stereocenters. The summed E-state index contributed by atoms with van der Waals surface area (Å²) in [6, 6.07) is 19.6. The Kier molecular flexibility index (Phi) is 5.60. The predicted octanol–water partition coefficient (Wildman–Crippen LogP) is 4.36. The van der Waals surface area contributed by atoms with Crippen molar-refractivity contribution >= 4 is 27.4 Å². The molecule has 2 heterocycles. The van der Waals surface area contributed by atoms with Gasteiger partial charge in [-0.05, 0) is 29.8 Å². The van der Waals surface area contributed by atoms with Crippen LogP contribution in [-0.4, -0.2) is 35.3 Å². The summed E-state index contributed by atoms with van der Waals surface area (Å²) >= 11 is 3.20. The minimum absolute atomic E-state index is 0.0127. The zero-order chi connectivity index (χ0) is 20.4. The molecule has 5 heteroatoms. The molecular weight excluding hydrogens is 430 g/mol. The van der Waals surface area contributed by atoms with Crippen molar-refractivity contribution in [1.29, 1.82) is 0 Å². The van der Waals surface area contributed by atoms with E-state index in [2.05, 4.69) is 26.7 Å². The predicted molar refractivity (Wildman–Crippen MR) is 116 cm³/mol. The minimum atomic E-state index is -0.666. The first-order chi connectivity index (χ1) is 14.0. The summed E-state index contributed by atoms with van der Waals surface area (Å²) in [7, 11) is 0. The highest BCUT2D eigenvalue weighted by molar-refractivity contribution is 9.12. The van der Waals surface area contributed by atoms with Crippen LogP contribution in [0.5, 0.6) is 0 Å². The van der Waals surface area contributed by atoms with E-state index >= 15 is 0 Å². The van der Waals surface area contributed by atoms with Gasteiger partial charge in [0.2, 0.25) is 0 Å². The summed E-state index contributed by atoms with van der Waals surface area (Å²) in [6.45, 7) is 4.76. The van der Waals surface area contributed by atoms with Gasteiger partial charge in [0.25, 0.3) is 5.91 Å². The zero-order valence-electron chi connectivity index (χ0n) is 16.4. The molecule has 0 aromatic heterocycles. The van der Waals surface area contributed by atoms with Gasteiger partial charge >= 0.3 is 0 Å². The van der Waals surface area contributed by atoms with Gasteiger partial charge < -0.3 is 14.4 Å². The van der Waals surface area contributed by atoms with Crippen LogP contribution in [0.15, 0.2) is 66.2 Å². The average molecular weight is 452 g/mol. The maximum Gasteiger partial charge on any atom is 0.254 e. The standard InChI is InChI=1S/C24H22BrNO3/c1-24(2)28-16-20(29-24)22-21(19(13-14-25)18-11-7-4-8-12-18)23(27)26(22)15-17-9-5-3-6-10-17/h3-12,20,22H,15-16H2,1-2H3/b21-19-/t20?,22-/m0/s1. The lowest BCUT2D eigenvalue weighted by Crippen LogP contribution is -2.61. The van der Waals surface area contributed by atoms with Crippen molar-refractivity contribution in [3.63, 3.8) is 0 Å². The third-order valence-corrected chi connectivity index (χ3v) is 5.40. The first kappa shape index (κ1) is 19.9. The van der Waals surface area contributed by atoms with Crippen molar-refractivity contribution in [3.8, 4) is 10.8 Å². The highest BCUT2D eigenvalue weighted by Gasteiger charge is 2.52. The molecule has 29 heavy (non-hydrogen) atoms. The molecule has 0 saturated carbocycles. The number of likely N-dealkylation sites (tertiary alicyclic amines) is 1. The molecule has 0 aliphatic carbocycles. The number of β-lactam (4-membered cyclic amide) rings is 1. The lowest BCUT2D eigenvalue weighted by atomic mass is 9.83. The number of carbonyl (C=O) groups excluding carboxylic acids is 1. The maximum absolute atomic E-state index is 13.3. The lowest BCUT2D eigenvalue weighted by Gasteiger charge is -2.46. The van der Waals surface area contributed by atoms with E-state index in [-0.39, 0.29) is 18.1 Å². The fraction of sp³-hybridized carbons (Fsp3) is 0.292. The number of hydrogen-bond acceptors (Lipinski definition) is 3. The number of ether oxygens (including phenoxy) is 2. The van der Waals surface area contributed by atoms with Crippen LogP contribution in [-0.2, 0) is 20.8 Å². The minimum Gasteiger partial charge on any atom is -0.348 e. The van der Waals surface area contributed by atoms with Gasteiger partial charge in [-0.2, -0.15) is 0 Å². The highest BCUT2D eigenvalue weighted by Crippen LogP contribution is 2.40. The van der Waals surface area contributed by atoms with Crippen LogP contribution in [0.25, 0.3) is 5.57 Å². The Morgan fingerprint density at radius 1 is 1.14 bits per heavy atom. The fourth-order valence-corrected chi connectivity index (χ4v) is 4.11. The van der Waals surface area contributed by atoms with Crippen molar-refractivity contribution in [1.82, 2.24) is 4.90 Å². The zero-order valence-corrected chi connectivity index (χ0v) is 18.0. The Bertz CT molecular complexity index is 989. The summed E-state index contributed by atoms with van der Waals surface area (Å²) in [5.41, 5.74) is 3.42. The van der Waals surface area contributed by atoms with Gasteiger partial charge in [0.15, 0.2) is 5.79 Å². The first-order valence-corrected chi connectivity index (χ1v) is 10.4. The van der Waals surface area contributed by atoms with E-state index in [4.69, 9.17) is 9.47 Å². The number of nitrogens with zero attached hydrogens (tertiary/aromatic N) is 1. The topological polar surface area (TPSA) is 38.8 Å². The molecule has 148 valence electrons. The molecule has 2 fully saturated rings. The van der Waals surface area contributed by atoms with Gasteiger partial charge in [0.05, 0.1) is 18.2 Å². The van der Waals surface area contributed by atoms with Gasteiger partial charge in [-0.15, -0.1) is 0 Å². The molecule has 4 nitrogen and oxygen atoms in total. The van der Waals surface area contributed by atoms with Gasteiger partial charge in [-0.1, -0.05) is 66.6 Å². The third-order valence-electron chi connectivity index (χ3n) is 5.21. The Morgan fingerprint density at radius 2 is 1.79 bits per heavy atom. The van der Waals surface area contributed by atoms with Crippen LogP contribution in [0.3, 0.4) is 0 Å². The van der Waals surface area contributed by atoms with Crippen LogP contribution >= 0.6 is 15.9 Å². The summed E-state index contributed by atoms with van der Waals surface area (Å²) < 4.78 is 12.0. The summed E-state index contributed by atoms with van der Waals surface area (Å²) in [5.74, 6) is 2.41. The number of carbonyl (C=O) groups is 1. The molecule has 4 rings (SSSR count). The number of allylic oxidation sites excluding steroid dienone is 1. The summed E-state index contributed by atoms with van der Waals surface area (Å²) in [4.78, 5) is 17.9. The van der Waals surface area contributed by atoms with E-state index < -0.39 is 5.79 Å². The second kappa shape index (κ2) is 8.16. The second-order valence-corrected chi connectivity index (χ2v) is 8.00. The molecule has 0 radical (unpaired) electrons. The van der Waals surface area contributed by atoms with E-state index in [0.717, 1.165) is 16.7 Å². The van der Waals surface area contributed by atoms with Crippen molar-refractivity contribution in [3.05, 3.63) is 77.4 Å². The Labute approximate surface area is 179 Å². The average Bonchev–Trinajstić information content (AvgIpc) is 3.09. The first-order valence-electron chi connectivity index (χ1n) is 9.58. The fourth-order valence-electron chi connectivity index (χ4n) is 3.91. The van der Waals surface area contributed by atoms with Crippen molar-refractivity contribution in [2.45, 2.75) is 38.3 Å². The lowest BCUT2D eigenvalue weighted by molar-refractivity contribution is -0.159. The maximum atomic E-state index is 13.3. The number of halogens is 1. The van der Waals surface area contributed by atoms with E-state index in [9.17, 15) is 4.79 Å². The number of amides is 1. The normalized spacial score (nSPS) is 24.5. The Hall–Kier alpha value is -2.39. The molecule has 1 unspecified atom stereocenters. The third kappa shape index (κ3) is 4.02. The number of hydrogen-bond donors (Lipinski definition) is 0. The molecule has 2 aliphatic rings. The van der Waals surface area contributed by atoms with Gasteiger partial charge in [-0.3, -0.25) is 4.79 Å². The van der Waals surface area contributed by atoms with Crippen LogP contribution in [0.1, 0.15) is 25.0 Å². The molecule has 0 spiro atoms. The van der Waals surface area contributed by atoms with Gasteiger partial charge in [-0.25, -0.2) is 0 Å². The SMILES string of the molecule is CC1(C)OCC([C@H]2/C(=C(\C#CBr)c3ccccc3)C(=O)N2Cc2ccccc2)O1. The van der Waals surface area contributed by atoms with Crippen LogP contribution in [0, 0.1) is 10.8 Å². The molecule has 0 N–H and O–H groups in total. The smallest absolute Gasteiger partial charge is 0.254 e. The van der Waals surface area contributed by atoms with Gasteiger partial charge in [0, 0.05) is 28.0 Å². The largest absolute Gasteiger partial charge is 0.348 e. The molecule has 1 amide bonds. The van der Waals surface area contributed by atoms with Crippen LogP contribution in [0.2, 0.25) is 0 Å². The molecule has 2 saturated heterocycles. The van der Waals surface area contributed by atoms with Crippen molar-refractivity contribution in [2.24, 2.45) is 0 Å². The quantitative estimate of drug-likeness (QED) is 0.393. The van der Waals surface area contributed by atoms with Crippen molar-refractivity contribution < 1.29 is 14.3 Å². The second-order valence-electron chi connectivity index (χ2n) is 7.60.